The minimum Gasteiger partial charge on any atom is -0.497 e. The van der Waals surface area contributed by atoms with E-state index in [1.807, 2.05) is 0 Å². The van der Waals surface area contributed by atoms with Gasteiger partial charge in [-0.3, -0.25) is 24.2 Å². The monoisotopic (exact) mass is 747 g/mol. The zero-order valence-corrected chi connectivity index (χ0v) is 34.7. The fourth-order valence-corrected chi connectivity index (χ4v) is 7.09. The van der Waals surface area contributed by atoms with Gasteiger partial charge in [0.15, 0.2) is 0 Å². The Labute approximate surface area is 325 Å². The van der Waals surface area contributed by atoms with Crippen molar-refractivity contribution in [3.05, 3.63) is 12.3 Å². The van der Waals surface area contributed by atoms with E-state index >= 15 is 0 Å². The molecule has 0 bridgehead atoms. The van der Waals surface area contributed by atoms with Gasteiger partial charge in [-0.15, -0.1) is 0 Å². The number of nitrogens with zero attached hydrogens (tertiary/aromatic N) is 2. The minimum absolute atomic E-state index is 0.130. The Morgan fingerprint density at radius 3 is 1.08 bits per heavy atom. The lowest BCUT2D eigenvalue weighted by molar-refractivity contribution is -0.152. The number of amides is 4. The third-order valence-corrected chi connectivity index (χ3v) is 10.6. The summed E-state index contributed by atoms with van der Waals surface area (Å²) in [4.78, 5) is 52.1. The molecule has 1 aliphatic rings. The molecular weight excluding hydrogens is 665 g/mol. The van der Waals surface area contributed by atoms with Gasteiger partial charge in [0.25, 0.3) is 0 Å². The van der Waals surface area contributed by atoms with Gasteiger partial charge >= 0.3 is 12.0 Å². The van der Waals surface area contributed by atoms with E-state index in [1.165, 1.54) is 173 Å². The van der Waals surface area contributed by atoms with Crippen LogP contribution in [0.15, 0.2) is 12.3 Å². The second-order valence-corrected chi connectivity index (χ2v) is 15.6. The summed E-state index contributed by atoms with van der Waals surface area (Å²) >= 11 is 0. The summed E-state index contributed by atoms with van der Waals surface area (Å²) in [6.45, 7) is 8.53. The van der Waals surface area contributed by atoms with E-state index in [0.717, 1.165) is 41.9 Å². The van der Waals surface area contributed by atoms with Crippen LogP contribution in [-0.2, 0) is 23.9 Å². The van der Waals surface area contributed by atoms with Crippen LogP contribution in [-0.4, -0.2) is 59.9 Å². The molecule has 0 aromatic rings. The van der Waals surface area contributed by atoms with Crippen molar-refractivity contribution in [1.82, 2.24) is 9.80 Å². The minimum atomic E-state index is -0.822. The van der Waals surface area contributed by atoms with Crippen LogP contribution in [0.2, 0.25) is 0 Å². The summed E-state index contributed by atoms with van der Waals surface area (Å²) in [7, 11) is 0. The third kappa shape index (κ3) is 27.8. The van der Waals surface area contributed by atoms with Crippen LogP contribution < -0.4 is 0 Å². The SMILES string of the molecule is C=C(CN1C(=O)CC(=O)N(CC(=O)OCCCCCCCCCCCCCCCCCC)C1=O)OCCCCCCCCCCCCCCCCCC. The first kappa shape index (κ1) is 48.6. The van der Waals surface area contributed by atoms with Crippen LogP contribution in [0.5, 0.6) is 0 Å². The third-order valence-electron chi connectivity index (χ3n) is 10.6. The highest BCUT2D eigenvalue weighted by Crippen LogP contribution is 2.17. The van der Waals surface area contributed by atoms with Gasteiger partial charge in [0.2, 0.25) is 11.8 Å². The van der Waals surface area contributed by atoms with Crippen molar-refractivity contribution in [3.63, 3.8) is 0 Å². The predicted molar refractivity (Wildman–Crippen MR) is 219 cm³/mol. The highest BCUT2D eigenvalue weighted by molar-refractivity contribution is 6.15. The largest absolute Gasteiger partial charge is 0.497 e. The molecule has 0 radical (unpaired) electrons. The second-order valence-electron chi connectivity index (χ2n) is 15.6. The Balaban J connectivity index is 2.05. The molecule has 53 heavy (non-hydrogen) atoms. The zero-order valence-electron chi connectivity index (χ0n) is 34.7. The lowest BCUT2D eigenvalue weighted by Crippen LogP contribution is -2.56. The summed E-state index contributed by atoms with van der Waals surface area (Å²) in [5.74, 6) is -1.63. The van der Waals surface area contributed by atoms with Gasteiger partial charge in [0.1, 0.15) is 18.7 Å². The van der Waals surface area contributed by atoms with Crippen molar-refractivity contribution >= 4 is 23.8 Å². The average molecular weight is 747 g/mol. The van der Waals surface area contributed by atoms with Crippen molar-refractivity contribution in [2.24, 2.45) is 0 Å². The zero-order chi connectivity index (χ0) is 38.6. The van der Waals surface area contributed by atoms with Crippen molar-refractivity contribution in [2.45, 2.75) is 226 Å². The van der Waals surface area contributed by atoms with E-state index < -0.39 is 36.8 Å². The standard InChI is InChI=1S/C45H82N2O6/c1-4-6-8-10-12-14-16-18-20-22-24-26-28-30-32-34-36-52-41(3)39-46-42(48)38-43(49)47(45(46)51)40-44(50)53-37-35-33-31-29-27-25-23-21-19-17-15-13-11-9-7-5-2/h3-40H2,1-2H3. The molecule has 0 aromatic carbocycles. The van der Waals surface area contributed by atoms with E-state index in [-0.39, 0.29) is 13.2 Å². The number of carbonyl (C=O) groups excluding carboxylic acids is 4. The molecule has 0 spiro atoms. The molecule has 0 unspecified atom stereocenters. The van der Waals surface area contributed by atoms with Crippen molar-refractivity contribution in [3.8, 4) is 0 Å². The molecule has 0 saturated carbocycles. The molecule has 0 aliphatic carbocycles. The first-order chi connectivity index (χ1) is 25.9. The molecule has 308 valence electrons. The number of unbranched alkanes of at least 4 members (excludes halogenated alkanes) is 30. The maximum Gasteiger partial charge on any atom is 0.334 e. The molecule has 1 heterocycles. The summed E-state index contributed by atoms with van der Waals surface area (Å²) in [5.41, 5.74) is 0. The molecule has 1 fully saturated rings. The number of ether oxygens (including phenoxy) is 2. The van der Waals surface area contributed by atoms with Crippen LogP contribution in [0.4, 0.5) is 4.79 Å². The maximum atomic E-state index is 13.0. The molecule has 8 heteroatoms. The fourth-order valence-electron chi connectivity index (χ4n) is 7.09. The molecule has 0 aromatic heterocycles. The molecule has 1 saturated heterocycles. The maximum absolute atomic E-state index is 13.0. The number of rotatable bonds is 39. The summed E-state index contributed by atoms with van der Waals surface area (Å²) in [5, 5.41) is 0. The van der Waals surface area contributed by atoms with Crippen LogP contribution in [0.1, 0.15) is 226 Å². The number of imide groups is 2. The average Bonchev–Trinajstić information content (AvgIpc) is 3.14. The van der Waals surface area contributed by atoms with Gasteiger partial charge < -0.3 is 9.47 Å². The molecule has 1 aliphatic heterocycles. The van der Waals surface area contributed by atoms with Crippen LogP contribution >= 0.6 is 0 Å². The lowest BCUT2D eigenvalue weighted by atomic mass is 10.0. The number of carbonyl (C=O) groups is 4. The fraction of sp³-hybridized carbons (Fsp3) is 0.867. The van der Waals surface area contributed by atoms with E-state index in [2.05, 4.69) is 20.4 Å². The molecule has 8 nitrogen and oxygen atoms in total. The van der Waals surface area contributed by atoms with Crippen LogP contribution in [0.25, 0.3) is 0 Å². The first-order valence-corrected chi connectivity index (χ1v) is 22.5. The predicted octanol–water partition coefficient (Wildman–Crippen LogP) is 12.8. The Kier molecular flexibility index (Phi) is 32.4. The number of esters is 1. The topological polar surface area (TPSA) is 93.2 Å². The first-order valence-electron chi connectivity index (χ1n) is 22.5. The Hall–Kier alpha value is -2.38. The molecule has 4 amide bonds. The molecule has 1 rings (SSSR count). The van der Waals surface area contributed by atoms with Gasteiger partial charge in [-0.1, -0.05) is 213 Å². The van der Waals surface area contributed by atoms with Crippen LogP contribution in [0, 0.1) is 0 Å². The lowest BCUT2D eigenvalue weighted by Gasteiger charge is -2.32. The Morgan fingerprint density at radius 2 is 0.736 bits per heavy atom. The second kappa shape index (κ2) is 35.3. The van der Waals surface area contributed by atoms with Gasteiger partial charge in [0.05, 0.1) is 19.8 Å². The summed E-state index contributed by atoms with van der Waals surface area (Å²) in [6, 6.07) is -0.822. The van der Waals surface area contributed by atoms with Crippen molar-refractivity contribution in [2.75, 3.05) is 26.3 Å². The highest BCUT2D eigenvalue weighted by Gasteiger charge is 2.39. The quantitative estimate of drug-likeness (QED) is 0.0269. The Morgan fingerprint density at radius 1 is 0.453 bits per heavy atom. The number of urea groups is 1. The van der Waals surface area contributed by atoms with E-state index in [4.69, 9.17) is 9.47 Å². The summed E-state index contributed by atoms with van der Waals surface area (Å²) < 4.78 is 11.0. The van der Waals surface area contributed by atoms with E-state index in [9.17, 15) is 19.2 Å². The Bertz CT molecular complexity index is 881. The molecular formula is C45H82N2O6. The summed E-state index contributed by atoms with van der Waals surface area (Å²) in [6.07, 6.45) is 40.6. The van der Waals surface area contributed by atoms with E-state index in [0.29, 0.717) is 12.4 Å². The smallest absolute Gasteiger partial charge is 0.334 e. The van der Waals surface area contributed by atoms with E-state index in [1.54, 1.807) is 0 Å². The molecule has 0 N–H and O–H groups in total. The van der Waals surface area contributed by atoms with Gasteiger partial charge in [0, 0.05) is 0 Å². The van der Waals surface area contributed by atoms with Gasteiger partial charge in [-0.2, -0.15) is 0 Å². The van der Waals surface area contributed by atoms with Crippen LogP contribution in [0.3, 0.4) is 0 Å². The number of hydrogen-bond acceptors (Lipinski definition) is 6. The molecule has 0 atom stereocenters. The number of barbiturate groups is 1. The number of hydrogen-bond donors (Lipinski definition) is 0. The van der Waals surface area contributed by atoms with Crippen molar-refractivity contribution < 1.29 is 28.7 Å². The highest BCUT2D eigenvalue weighted by atomic mass is 16.5. The van der Waals surface area contributed by atoms with Gasteiger partial charge in [-0.25, -0.2) is 4.79 Å². The normalized spacial score (nSPS) is 13.3. The van der Waals surface area contributed by atoms with Gasteiger partial charge in [-0.05, 0) is 12.8 Å². The van der Waals surface area contributed by atoms with Crippen molar-refractivity contribution in [1.29, 1.82) is 0 Å².